The summed E-state index contributed by atoms with van der Waals surface area (Å²) in [6.07, 6.45) is 1.86. The fourth-order valence-corrected chi connectivity index (χ4v) is 1.77. The van der Waals surface area contributed by atoms with E-state index in [-0.39, 0.29) is 22.8 Å². The Kier molecular flexibility index (Phi) is 3.28. The number of anilines is 1. The van der Waals surface area contributed by atoms with Gasteiger partial charge in [0.15, 0.2) is 0 Å². The second-order valence-electron chi connectivity index (χ2n) is 4.60. The SMILES string of the molecule is CC1(CNC(=O)c2nonc2N)CCOCC1. The van der Waals surface area contributed by atoms with Crippen molar-refractivity contribution in [2.24, 2.45) is 5.41 Å². The molecular weight excluding hydrogens is 224 g/mol. The van der Waals surface area contributed by atoms with Gasteiger partial charge < -0.3 is 15.8 Å². The molecule has 1 aliphatic heterocycles. The number of hydrogen-bond donors (Lipinski definition) is 2. The summed E-state index contributed by atoms with van der Waals surface area (Å²) in [7, 11) is 0. The second kappa shape index (κ2) is 4.70. The van der Waals surface area contributed by atoms with Crippen LogP contribution in [-0.2, 0) is 4.74 Å². The molecule has 0 spiro atoms. The van der Waals surface area contributed by atoms with Crippen LogP contribution in [0.5, 0.6) is 0 Å². The van der Waals surface area contributed by atoms with Crippen molar-refractivity contribution in [2.75, 3.05) is 25.5 Å². The van der Waals surface area contributed by atoms with E-state index in [9.17, 15) is 4.79 Å². The Balaban J connectivity index is 1.90. The Labute approximate surface area is 98.6 Å². The van der Waals surface area contributed by atoms with Gasteiger partial charge >= 0.3 is 0 Å². The number of amides is 1. The lowest BCUT2D eigenvalue weighted by Gasteiger charge is -2.33. The molecule has 7 nitrogen and oxygen atoms in total. The first-order chi connectivity index (χ1) is 8.11. The molecular formula is C10H16N4O3. The number of nitrogens with two attached hydrogens (primary N) is 1. The first-order valence-electron chi connectivity index (χ1n) is 5.55. The normalized spacial score (nSPS) is 18.9. The Morgan fingerprint density at radius 2 is 2.18 bits per heavy atom. The summed E-state index contributed by atoms with van der Waals surface area (Å²) in [5.74, 6) is -0.337. The summed E-state index contributed by atoms with van der Waals surface area (Å²) in [5, 5.41) is 9.61. The van der Waals surface area contributed by atoms with E-state index in [1.54, 1.807) is 0 Å². The summed E-state index contributed by atoms with van der Waals surface area (Å²) < 4.78 is 9.67. The maximum absolute atomic E-state index is 11.7. The van der Waals surface area contributed by atoms with E-state index < -0.39 is 0 Å². The first-order valence-corrected chi connectivity index (χ1v) is 5.55. The van der Waals surface area contributed by atoms with Crippen LogP contribution in [0, 0.1) is 5.41 Å². The molecule has 17 heavy (non-hydrogen) atoms. The third-order valence-corrected chi connectivity index (χ3v) is 3.10. The first kappa shape index (κ1) is 11.8. The van der Waals surface area contributed by atoms with Crippen molar-refractivity contribution < 1.29 is 14.2 Å². The topological polar surface area (TPSA) is 103 Å². The molecule has 2 rings (SSSR count). The molecule has 1 amide bonds. The van der Waals surface area contributed by atoms with Crippen molar-refractivity contribution >= 4 is 11.7 Å². The van der Waals surface area contributed by atoms with Crippen LogP contribution in [0.4, 0.5) is 5.82 Å². The van der Waals surface area contributed by atoms with Crippen molar-refractivity contribution in [1.82, 2.24) is 15.6 Å². The minimum absolute atomic E-state index is 0.0135. The molecule has 1 aromatic rings. The molecule has 0 radical (unpaired) electrons. The van der Waals surface area contributed by atoms with Gasteiger partial charge in [0.1, 0.15) is 0 Å². The van der Waals surface area contributed by atoms with Crippen molar-refractivity contribution in [2.45, 2.75) is 19.8 Å². The Morgan fingerprint density at radius 3 is 2.76 bits per heavy atom. The Morgan fingerprint density at radius 1 is 1.47 bits per heavy atom. The lowest BCUT2D eigenvalue weighted by atomic mass is 9.82. The molecule has 1 aromatic heterocycles. The highest BCUT2D eigenvalue weighted by atomic mass is 16.6. The number of hydrogen-bond acceptors (Lipinski definition) is 6. The van der Waals surface area contributed by atoms with E-state index >= 15 is 0 Å². The van der Waals surface area contributed by atoms with Gasteiger partial charge in [0.2, 0.25) is 11.5 Å². The summed E-state index contributed by atoms with van der Waals surface area (Å²) in [6, 6.07) is 0. The third-order valence-electron chi connectivity index (χ3n) is 3.10. The molecule has 0 bridgehead atoms. The van der Waals surface area contributed by atoms with Crippen LogP contribution in [0.15, 0.2) is 4.63 Å². The van der Waals surface area contributed by atoms with E-state index in [0.29, 0.717) is 6.54 Å². The van der Waals surface area contributed by atoms with Crippen LogP contribution >= 0.6 is 0 Å². The molecule has 0 aliphatic carbocycles. The number of ether oxygens (including phenoxy) is 1. The number of nitrogens with one attached hydrogen (secondary N) is 1. The van der Waals surface area contributed by atoms with Gasteiger partial charge in [0.05, 0.1) is 0 Å². The van der Waals surface area contributed by atoms with Crippen LogP contribution in [-0.4, -0.2) is 36.0 Å². The minimum Gasteiger partial charge on any atom is -0.381 e. The average molecular weight is 240 g/mol. The summed E-state index contributed by atoms with van der Waals surface area (Å²) in [4.78, 5) is 11.7. The monoisotopic (exact) mass is 240 g/mol. The molecule has 1 saturated heterocycles. The van der Waals surface area contributed by atoms with Gasteiger partial charge in [0, 0.05) is 19.8 Å². The van der Waals surface area contributed by atoms with Gasteiger partial charge in [0.25, 0.3) is 5.91 Å². The molecule has 0 aromatic carbocycles. The van der Waals surface area contributed by atoms with Gasteiger partial charge in [-0.15, -0.1) is 0 Å². The highest BCUT2D eigenvalue weighted by molar-refractivity contribution is 5.95. The van der Waals surface area contributed by atoms with Gasteiger partial charge in [-0.2, -0.15) is 0 Å². The quantitative estimate of drug-likeness (QED) is 0.782. The number of aromatic nitrogens is 2. The molecule has 7 heteroatoms. The standard InChI is InChI=1S/C10H16N4O3/c1-10(2-4-16-5-3-10)6-12-9(15)7-8(11)14-17-13-7/h2-6H2,1H3,(H2,11,14)(H,12,15). The van der Waals surface area contributed by atoms with E-state index in [4.69, 9.17) is 10.5 Å². The van der Waals surface area contributed by atoms with Gasteiger partial charge in [-0.3, -0.25) is 4.79 Å². The van der Waals surface area contributed by atoms with Crippen molar-refractivity contribution in [3.05, 3.63) is 5.69 Å². The predicted molar refractivity (Wildman–Crippen MR) is 59.2 cm³/mol. The maximum Gasteiger partial charge on any atom is 0.277 e. The van der Waals surface area contributed by atoms with E-state index in [1.165, 1.54) is 0 Å². The maximum atomic E-state index is 11.7. The summed E-state index contributed by atoms with van der Waals surface area (Å²) in [5.41, 5.74) is 5.55. The van der Waals surface area contributed by atoms with Gasteiger partial charge in [-0.1, -0.05) is 6.92 Å². The number of carbonyl (C=O) groups is 1. The zero-order valence-corrected chi connectivity index (χ0v) is 9.73. The van der Waals surface area contributed by atoms with E-state index in [0.717, 1.165) is 26.1 Å². The van der Waals surface area contributed by atoms with E-state index in [1.807, 2.05) is 0 Å². The largest absolute Gasteiger partial charge is 0.381 e. The lowest BCUT2D eigenvalue weighted by Crippen LogP contribution is -2.39. The molecule has 1 fully saturated rings. The number of carbonyl (C=O) groups excluding carboxylic acids is 1. The number of rotatable bonds is 3. The smallest absolute Gasteiger partial charge is 0.277 e. The van der Waals surface area contributed by atoms with Gasteiger partial charge in [-0.25, -0.2) is 4.63 Å². The Bertz CT molecular complexity index is 398. The lowest BCUT2D eigenvalue weighted by molar-refractivity contribution is 0.0238. The van der Waals surface area contributed by atoms with Gasteiger partial charge in [-0.05, 0) is 28.6 Å². The van der Waals surface area contributed by atoms with E-state index in [2.05, 4.69) is 27.2 Å². The molecule has 94 valence electrons. The average Bonchev–Trinajstić information content (AvgIpc) is 2.74. The predicted octanol–water partition coefficient (Wildman–Crippen LogP) is 0.198. The summed E-state index contributed by atoms with van der Waals surface area (Å²) >= 11 is 0. The number of nitrogen functional groups attached to an aromatic ring is 1. The molecule has 2 heterocycles. The van der Waals surface area contributed by atoms with Crippen molar-refractivity contribution in [1.29, 1.82) is 0 Å². The third kappa shape index (κ3) is 2.73. The van der Waals surface area contributed by atoms with Crippen LogP contribution in [0.25, 0.3) is 0 Å². The molecule has 3 N–H and O–H groups in total. The van der Waals surface area contributed by atoms with Crippen LogP contribution in [0.2, 0.25) is 0 Å². The zero-order chi connectivity index (χ0) is 12.3. The number of nitrogens with zero attached hydrogens (tertiary/aromatic N) is 2. The molecule has 0 atom stereocenters. The fraction of sp³-hybridized carbons (Fsp3) is 0.700. The zero-order valence-electron chi connectivity index (χ0n) is 9.73. The Hall–Kier alpha value is -1.63. The minimum atomic E-state index is -0.350. The van der Waals surface area contributed by atoms with Crippen molar-refractivity contribution in [3.63, 3.8) is 0 Å². The van der Waals surface area contributed by atoms with Crippen molar-refractivity contribution in [3.8, 4) is 0 Å². The molecule has 0 saturated carbocycles. The molecule has 1 aliphatic rings. The highest BCUT2D eigenvalue weighted by Gasteiger charge is 2.28. The molecule has 0 unspecified atom stereocenters. The summed E-state index contributed by atoms with van der Waals surface area (Å²) in [6.45, 7) is 4.17. The van der Waals surface area contributed by atoms with Crippen LogP contribution in [0.1, 0.15) is 30.3 Å². The second-order valence-corrected chi connectivity index (χ2v) is 4.60. The van der Waals surface area contributed by atoms with Crippen LogP contribution in [0.3, 0.4) is 0 Å². The highest BCUT2D eigenvalue weighted by Crippen LogP contribution is 2.28. The van der Waals surface area contributed by atoms with Crippen LogP contribution < -0.4 is 11.1 Å². The fourth-order valence-electron chi connectivity index (χ4n) is 1.77.